The topological polar surface area (TPSA) is 12.0 Å². The Morgan fingerprint density at radius 1 is 1.14 bits per heavy atom. The van der Waals surface area contributed by atoms with Crippen LogP contribution < -0.4 is 5.32 Å². The van der Waals surface area contributed by atoms with E-state index in [0.29, 0.717) is 6.04 Å². The Bertz CT molecular complexity index is 337. The lowest BCUT2D eigenvalue weighted by atomic mass is 9.96. The van der Waals surface area contributed by atoms with Gasteiger partial charge < -0.3 is 5.32 Å². The van der Waals surface area contributed by atoms with E-state index in [2.05, 4.69) is 23.5 Å². The van der Waals surface area contributed by atoms with Crippen molar-refractivity contribution in [1.82, 2.24) is 5.32 Å². The zero-order valence-corrected chi connectivity index (χ0v) is 8.55. The second-order valence-corrected chi connectivity index (χ2v) is 4.49. The lowest BCUT2D eigenvalue weighted by Gasteiger charge is -2.15. The van der Waals surface area contributed by atoms with Crippen LogP contribution in [0.25, 0.3) is 0 Å². The summed E-state index contributed by atoms with van der Waals surface area (Å²) in [5.41, 5.74) is 4.86. The van der Waals surface area contributed by atoms with Crippen LogP contribution in [0.15, 0.2) is 18.2 Å². The van der Waals surface area contributed by atoms with Gasteiger partial charge in [0, 0.05) is 6.04 Å². The molecule has 1 aliphatic heterocycles. The van der Waals surface area contributed by atoms with Gasteiger partial charge in [-0.25, -0.2) is 0 Å². The SMILES string of the molecule is c1cc2c(c(C3CCCN3)c1)CCC2. The van der Waals surface area contributed by atoms with Gasteiger partial charge in [-0.3, -0.25) is 0 Å². The number of nitrogens with one attached hydrogen (secondary N) is 1. The van der Waals surface area contributed by atoms with Crippen molar-refractivity contribution in [3.05, 3.63) is 34.9 Å². The molecule has 1 heterocycles. The van der Waals surface area contributed by atoms with Crippen molar-refractivity contribution in [3.8, 4) is 0 Å². The monoisotopic (exact) mass is 187 g/mol. The lowest BCUT2D eigenvalue weighted by molar-refractivity contribution is 0.641. The van der Waals surface area contributed by atoms with Crippen molar-refractivity contribution >= 4 is 0 Å². The molecule has 1 nitrogen and oxygen atoms in total. The highest BCUT2D eigenvalue weighted by molar-refractivity contribution is 5.40. The molecule has 3 rings (SSSR count). The van der Waals surface area contributed by atoms with E-state index in [1.165, 1.54) is 38.6 Å². The maximum Gasteiger partial charge on any atom is 0.0323 e. The first kappa shape index (κ1) is 8.49. The van der Waals surface area contributed by atoms with Gasteiger partial charge in [0.25, 0.3) is 0 Å². The van der Waals surface area contributed by atoms with Gasteiger partial charge in [0.1, 0.15) is 0 Å². The second-order valence-electron chi connectivity index (χ2n) is 4.49. The Morgan fingerprint density at radius 3 is 3.00 bits per heavy atom. The van der Waals surface area contributed by atoms with Gasteiger partial charge in [-0.05, 0) is 55.3 Å². The van der Waals surface area contributed by atoms with Gasteiger partial charge in [-0.15, -0.1) is 0 Å². The van der Waals surface area contributed by atoms with E-state index < -0.39 is 0 Å². The van der Waals surface area contributed by atoms with Crippen LogP contribution >= 0.6 is 0 Å². The molecule has 1 atom stereocenters. The van der Waals surface area contributed by atoms with Crippen LogP contribution in [-0.2, 0) is 12.8 Å². The summed E-state index contributed by atoms with van der Waals surface area (Å²) in [6.07, 6.45) is 6.64. The summed E-state index contributed by atoms with van der Waals surface area (Å²) >= 11 is 0. The molecule has 1 aromatic rings. The first-order chi connectivity index (χ1) is 6.95. The van der Waals surface area contributed by atoms with E-state index in [-0.39, 0.29) is 0 Å². The summed E-state index contributed by atoms with van der Waals surface area (Å²) in [6.45, 7) is 1.20. The minimum atomic E-state index is 0.656. The number of rotatable bonds is 1. The molecule has 74 valence electrons. The molecule has 0 aromatic heterocycles. The van der Waals surface area contributed by atoms with Gasteiger partial charge in [-0.2, -0.15) is 0 Å². The molecule has 1 saturated heterocycles. The fourth-order valence-corrected chi connectivity index (χ4v) is 2.93. The molecule has 2 aliphatic rings. The van der Waals surface area contributed by atoms with Crippen LogP contribution in [0.3, 0.4) is 0 Å². The van der Waals surface area contributed by atoms with Crippen molar-refractivity contribution in [2.24, 2.45) is 0 Å². The molecular weight excluding hydrogens is 170 g/mol. The summed E-state index contributed by atoms with van der Waals surface area (Å²) < 4.78 is 0. The Morgan fingerprint density at radius 2 is 2.14 bits per heavy atom. The molecule has 14 heavy (non-hydrogen) atoms. The van der Waals surface area contributed by atoms with E-state index in [4.69, 9.17) is 0 Å². The van der Waals surface area contributed by atoms with Crippen LogP contribution in [0.2, 0.25) is 0 Å². The number of hydrogen-bond acceptors (Lipinski definition) is 1. The normalized spacial score (nSPS) is 25.3. The maximum atomic E-state index is 3.60. The van der Waals surface area contributed by atoms with E-state index in [0.717, 1.165) is 0 Å². The van der Waals surface area contributed by atoms with Crippen LogP contribution in [0, 0.1) is 0 Å². The lowest BCUT2D eigenvalue weighted by Crippen LogP contribution is -2.14. The van der Waals surface area contributed by atoms with Crippen molar-refractivity contribution < 1.29 is 0 Å². The van der Waals surface area contributed by atoms with Crippen molar-refractivity contribution in [2.45, 2.75) is 38.1 Å². The molecule has 1 N–H and O–H groups in total. The molecule has 0 radical (unpaired) electrons. The summed E-state index contributed by atoms with van der Waals surface area (Å²) in [5.74, 6) is 0. The molecule has 1 aromatic carbocycles. The summed E-state index contributed by atoms with van der Waals surface area (Å²) in [7, 11) is 0. The highest BCUT2D eigenvalue weighted by atomic mass is 14.9. The maximum absolute atomic E-state index is 3.60. The van der Waals surface area contributed by atoms with E-state index >= 15 is 0 Å². The smallest absolute Gasteiger partial charge is 0.0323 e. The number of benzene rings is 1. The summed E-state index contributed by atoms with van der Waals surface area (Å²) in [6, 6.07) is 7.52. The minimum absolute atomic E-state index is 0.656. The van der Waals surface area contributed by atoms with Gasteiger partial charge >= 0.3 is 0 Å². The molecule has 1 fully saturated rings. The van der Waals surface area contributed by atoms with Crippen molar-refractivity contribution in [3.63, 3.8) is 0 Å². The van der Waals surface area contributed by atoms with Gasteiger partial charge in [0.2, 0.25) is 0 Å². The van der Waals surface area contributed by atoms with E-state index in [1.54, 1.807) is 16.7 Å². The highest BCUT2D eigenvalue weighted by Crippen LogP contribution is 2.32. The third-order valence-electron chi connectivity index (χ3n) is 3.62. The zero-order valence-electron chi connectivity index (χ0n) is 8.55. The Balaban J connectivity index is 2.00. The fraction of sp³-hybridized carbons (Fsp3) is 0.538. The predicted octanol–water partition coefficient (Wildman–Crippen LogP) is 2.60. The minimum Gasteiger partial charge on any atom is -0.310 e. The highest BCUT2D eigenvalue weighted by Gasteiger charge is 2.22. The first-order valence-electron chi connectivity index (χ1n) is 5.79. The van der Waals surface area contributed by atoms with Gasteiger partial charge in [0.05, 0.1) is 0 Å². The molecule has 1 aliphatic carbocycles. The van der Waals surface area contributed by atoms with Crippen molar-refractivity contribution in [2.75, 3.05) is 6.54 Å². The molecule has 0 spiro atoms. The first-order valence-corrected chi connectivity index (χ1v) is 5.79. The number of hydrogen-bond donors (Lipinski definition) is 1. The third kappa shape index (κ3) is 1.27. The number of aryl methyl sites for hydroxylation is 1. The van der Waals surface area contributed by atoms with Crippen molar-refractivity contribution in [1.29, 1.82) is 0 Å². The average Bonchev–Trinajstić information content (AvgIpc) is 2.88. The standard InChI is InChI=1S/C13H17N/c1-4-10-5-2-7-12(11(10)6-1)13-8-3-9-14-13/h2,5,7,13-14H,1,3-4,6,8-9H2. The third-order valence-corrected chi connectivity index (χ3v) is 3.62. The largest absolute Gasteiger partial charge is 0.310 e. The van der Waals surface area contributed by atoms with Gasteiger partial charge in [-0.1, -0.05) is 18.2 Å². The second kappa shape index (κ2) is 3.39. The van der Waals surface area contributed by atoms with E-state index in [1.807, 2.05) is 0 Å². The Kier molecular flexibility index (Phi) is 2.06. The molecule has 1 heteroatoms. The Labute approximate surface area is 85.5 Å². The van der Waals surface area contributed by atoms with Crippen LogP contribution in [-0.4, -0.2) is 6.54 Å². The van der Waals surface area contributed by atoms with Gasteiger partial charge in [0.15, 0.2) is 0 Å². The summed E-state index contributed by atoms with van der Waals surface area (Å²) in [5, 5.41) is 3.60. The van der Waals surface area contributed by atoms with Crippen LogP contribution in [0.4, 0.5) is 0 Å². The zero-order chi connectivity index (χ0) is 9.38. The summed E-state index contributed by atoms with van der Waals surface area (Å²) in [4.78, 5) is 0. The fourth-order valence-electron chi connectivity index (χ4n) is 2.93. The quantitative estimate of drug-likeness (QED) is 0.712. The molecule has 0 saturated carbocycles. The average molecular weight is 187 g/mol. The number of fused-ring (bicyclic) bond motifs is 1. The Hall–Kier alpha value is -0.820. The molecular formula is C13H17N. The van der Waals surface area contributed by atoms with E-state index in [9.17, 15) is 0 Å². The van der Waals surface area contributed by atoms with Crippen LogP contribution in [0.1, 0.15) is 42.0 Å². The molecule has 0 amide bonds. The molecule has 0 bridgehead atoms. The molecule has 1 unspecified atom stereocenters. The predicted molar refractivity (Wildman–Crippen MR) is 58.4 cm³/mol. The van der Waals surface area contributed by atoms with Crippen LogP contribution in [0.5, 0.6) is 0 Å².